The monoisotopic (exact) mass is 242 g/mol. The third-order valence-corrected chi connectivity index (χ3v) is 2.14. The van der Waals surface area contributed by atoms with Crippen LogP contribution in [0.25, 0.3) is 0 Å². The normalized spacial score (nSPS) is 12.4. The molecular weight excluding hydrogens is 227 g/mol. The first kappa shape index (κ1) is 13.6. The molecule has 0 aliphatic rings. The molecule has 5 heteroatoms. The number of hydrogen-bond donors (Lipinski definition) is 1. The average Bonchev–Trinajstić information content (AvgIpc) is 2.26. The molecule has 0 fully saturated rings. The van der Waals surface area contributed by atoms with E-state index in [1.807, 2.05) is 6.92 Å². The van der Waals surface area contributed by atoms with Gasteiger partial charge in [0.1, 0.15) is 5.82 Å². The summed E-state index contributed by atoms with van der Waals surface area (Å²) in [5.41, 5.74) is 0.411. The zero-order chi connectivity index (χ0) is 12.8. The first-order valence-electron chi connectivity index (χ1n) is 5.16. The fourth-order valence-corrected chi connectivity index (χ4v) is 1.38. The lowest BCUT2D eigenvalue weighted by Crippen LogP contribution is -2.14. The number of methoxy groups -OCH3 is 1. The summed E-state index contributed by atoms with van der Waals surface area (Å²) in [5.74, 6) is -1.74. The van der Waals surface area contributed by atoms with Gasteiger partial charge < -0.3 is 14.6 Å². The van der Waals surface area contributed by atoms with E-state index in [2.05, 4.69) is 0 Å². The van der Waals surface area contributed by atoms with E-state index in [-0.39, 0.29) is 18.3 Å². The molecule has 17 heavy (non-hydrogen) atoms. The van der Waals surface area contributed by atoms with Crippen molar-refractivity contribution < 1.29 is 23.8 Å². The SMILES string of the molecule is COCC(C)OCc1cc(F)cc(C(=O)O)c1. The molecule has 1 atom stereocenters. The molecule has 1 unspecified atom stereocenters. The van der Waals surface area contributed by atoms with Crippen LogP contribution in [-0.4, -0.2) is 30.9 Å². The topological polar surface area (TPSA) is 55.8 Å². The van der Waals surface area contributed by atoms with Crippen LogP contribution in [0, 0.1) is 5.82 Å². The highest BCUT2D eigenvalue weighted by molar-refractivity contribution is 5.87. The van der Waals surface area contributed by atoms with Gasteiger partial charge in [0, 0.05) is 7.11 Å². The number of carbonyl (C=O) groups is 1. The molecular formula is C12H15FO4. The van der Waals surface area contributed by atoms with Crippen molar-refractivity contribution in [2.45, 2.75) is 19.6 Å². The molecule has 1 aromatic rings. The van der Waals surface area contributed by atoms with E-state index in [4.69, 9.17) is 14.6 Å². The lowest BCUT2D eigenvalue weighted by atomic mass is 10.1. The lowest BCUT2D eigenvalue weighted by molar-refractivity contribution is -0.000226. The van der Waals surface area contributed by atoms with E-state index in [0.29, 0.717) is 12.2 Å². The molecule has 0 aromatic heterocycles. The van der Waals surface area contributed by atoms with Crippen LogP contribution in [0.1, 0.15) is 22.8 Å². The maximum absolute atomic E-state index is 13.1. The Labute approximate surface area is 99.0 Å². The summed E-state index contributed by atoms with van der Waals surface area (Å²) in [4.78, 5) is 10.7. The molecule has 94 valence electrons. The summed E-state index contributed by atoms with van der Waals surface area (Å²) in [6.07, 6.45) is -0.128. The highest BCUT2D eigenvalue weighted by Crippen LogP contribution is 2.11. The second-order valence-corrected chi connectivity index (χ2v) is 3.73. The Morgan fingerprint density at radius 1 is 1.47 bits per heavy atom. The van der Waals surface area contributed by atoms with Gasteiger partial charge in [-0.2, -0.15) is 0 Å². The number of benzene rings is 1. The van der Waals surface area contributed by atoms with Crippen molar-refractivity contribution in [3.63, 3.8) is 0 Å². The van der Waals surface area contributed by atoms with Gasteiger partial charge in [-0.3, -0.25) is 0 Å². The summed E-state index contributed by atoms with van der Waals surface area (Å²) in [6.45, 7) is 2.41. The smallest absolute Gasteiger partial charge is 0.335 e. The molecule has 0 saturated carbocycles. The number of carboxylic acid groups (broad SMARTS) is 1. The molecule has 0 saturated heterocycles. The van der Waals surface area contributed by atoms with Crippen molar-refractivity contribution in [2.75, 3.05) is 13.7 Å². The molecule has 4 nitrogen and oxygen atoms in total. The fourth-order valence-electron chi connectivity index (χ4n) is 1.38. The van der Waals surface area contributed by atoms with Gasteiger partial charge in [-0.25, -0.2) is 9.18 Å². The van der Waals surface area contributed by atoms with Gasteiger partial charge in [-0.1, -0.05) is 0 Å². The van der Waals surface area contributed by atoms with E-state index in [0.717, 1.165) is 6.07 Å². The highest BCUT2D eigenvalue weighted by atomic mass is 19.1. The van der Waals surface area contributed by atoms with Gasteiger partial charge in [0.05, 0.1) is 24.9 Å². The molecule has 0 aliphatic heterocycles. The van der Waals surface area contributed by atoms with E-state index in [1.165, 1.54) is 12.1 Å². The quantitative estimate of drug-likeness (QED) is 0.829. The van der Waals surface area contributed by atoms with Crippen molar-refractivity contribution >= 4 is 5.97 Å². The maximum Gasteiger partial charge on any atom is 0.335 e. The van der Waals surface area contributed by atoms with Crippen LogP contribution in [0.4, 0.5) is 4.39 Å². The lowest BCUT2D eigenvalue weighted by Gasteiger charge is -2.12. The first-order chi connectivity index (χ1) is 8.02. The molecule has 0 heterocycles. The van der Waals surface area contributed by atoms with E-state index in [9.17, 15) is 9.18 Å². The van der Waals surface area contributed by atoms with Crippen molar-refractivity contribution in [2.24, 2.45) is 0 Å². The summed E-state index contributed by atoms with van der Waals surface area (Å²) < 4.78 is 23.4. The van der Waals surface area contributed by atoms with Crippen molar-refractivity contribution in [1.82, 2.24) is 0 Å². The molecule has 0 bridgehead atoms. The Morgan fingerprint density at radius 2 is 2.18 bits per heavy atom. The van der Waals surface area contributed by atoms with Gasteiger partial charge in [-0.15, -0.1) is 0 Å². The zero-order valence-electron chi connectivity index (χ0n) is 9.77. The number of ether oxygens (including phenoxy) is 2. The standard InChI is InChI=1S/C12H15FO4/c1-8(6-16-2)17-7-9-3-10(12(14)15)5-11(13)4-9/h3-5,8H,6-7H2,1-2H3,(H,14,15). The summed E-state index contributed by atoms with van der Waals surface area (Å²) in [7, 11) is 1.56. The van der Waals surface area contributed by atoms with Crippen molar-refractivity contribution in [3.05, 3.63) is 35.1 Å². The van der Waals surface area contributed by atoms with E-state index in [1.54, 1.807) is 7.11 Å². The Kier molecular flexibility index (Phi) is 5.06. The minimum Gasteiger partial charge on any atom is -0.478 e. The van der Waals surface area contributed by atoms with Gasteiger partial charge in [0.2, 0.25) is 0 Å². The molecule has 1 N–H and O–H groups in total. The van der Waals surface area contributed by atoms with Gasteiger partial charge in [0.15, 0.2) is 0 Å². The highest BCUT2D eigenvalue weighted by Gasteiger charge is 2.08. The van der Waals surface area contributed by atoms with Gasteiger partial charge in [-0.05, 0) is 30.7 Å². The van der Waals surface area contributed by atoms with Crippen LogP contribution in [0.5, 0.6) is 0 Å². The zero-order valence-corrected chi connectivity index (χ0v) is 9.77. The molecule has 0 spiro atoms. The minimum absolute atomic E-state index is 0.0806. The summed E-state index contributed by atoms with van der Waals surface area (Å²) in [6, 6.07) is 3.63. The Bertz CT molecular complexity index is 392. The summed E-state index contributed by atoms with van der Waals surface area (Å²) >= 11 is 0. The van der Waals surface area contributed by atoms with Crippen molar-refractivity contribution in [3.8, 4) is 0 Å². The van der Waals surface area contributed by atoms with Gasteiger partial charge >= 0.3 is 5.97 Å². The van der Waals surface area contributed by atoms with E-state index < -0.39 is 11.8 Å². The average molecular weight is 242 g/mol. The van der Waals surface area contributed by atoms with Crippen LogP contribution in [-0.2, 0) is 16.1 Å². The van der Waals surface area contributed by atoms with Crippen LogP contribution >= 0.6 is 0 Å². The number of hydrogen-bond acceptors (Lipinski definition) is 3. The number of rotatable bonds is 6. The Morgan fingerprint density at radius 3 is 2.76 bits per heavy atom. The second kappa shape index (κ2) is 6.32. The Hall–Kier alpha value is -1.46. The summed E-state index contributed by atoms with van der Waals surface area (Å²) in [5, 5.41) is 8.77. The molecule has 0 aliphatic carbocycles. The van der Waals surface area contributed by atoms with Crippen LogP contribution in [0.15, 0.2) is 18.2 Å². The van der Waals surface area contributed by atoms with E-state index >= 15 is 0 Å². The number of carboxylic acids is 1. The Balaban J connectivity index is 2.68. The fraction of sp³-hybridized carbons (Fsp3) is 0.417. The predicted octanol–water partition coefficient (Wildman–Crippen LogP) is 2.08. The van der Waals surface area contributed by atoms with Crippen LogP contribution in [0.2, 0.25) is 0 Å². The molecule has 1 aromatic carbocycles. The van der Waals surface area contributed by atoms with Crippen LogP contribution < -0.4 is 0 Å². The number of halogens is 1. The number of aromatic carboxylic acids is 1. The molecule has 1 rings (SSSR count). The molecule has 0 radical (unpaired) electrons. The minimum atomic E-state index is -1.16. The maximum atomic E-state index is 13.1. The third kappa shape index (κ3) is 4.50. The third-order valence-electron chi connectivity index (χ3n) is 2.14. The second-order valence-electron chi connectivity index (χ2n) is 3.73. The first-order valence-corrected chi connectivity index (χ1v) is 5.16. The van der Waals surface area contributed by atoms with Gasteiger partial charge in [0.25, 0.3) is 0 Å². The van der Waals surface area contributed by atoms with Crippen molar-refractivity contribution in [1.29, 1.82) is 0 Å². The predicted molar refractivity (Wildman–Crippen MR) is 59.5 cm³/mol. The molecule has 0 amide bonds. The van der Waals surface area contributed by atoms with Crippen LogP contribution in [0.3, 0.4) is 0 Å². The largest absolute Gasteiger partial charge is 0.478 e.